The molecule has 4 nitrogen and oxygen atoms in total. The number of imidazole rings is 1. The Hall–Kier alpha value is -0.970. The molecule has 10 heavy (non-hydrogen) atoms. The molecular weight excluding hydrogens is 148 g/mol. The minimum absolute atomic E-state index is 0.0642. The molecule has 0 radical (unpaired) electrons. The van der Waals surface area contributed by atoms with Crippen molar-refractivity contribution in [3.63, 3.8) is 0 Å². The van der Waals surface area contributed by atoms with E-state index in [9.17, 15) is 0 Å². The Morgan fingerprint density at radius 1 is 1.90 bits per heavy atom. The third-order valence-corrected chi connectivity index (χ3v) is 1.77. The molecule has 5 heteroatoms. The van der Waals surface area contributed by atoms with Crippen molar-refractivity contribution in [3.8, 4) is 0 Å². The van der Waals surface area contributed by atoms with Gasteiger partial charge in [-0.1, -0.05) is 0 Å². The monoisotopic (exact) mass is 156 g/mol. The molecule has 0 aliphatic rings. The Balaban J connectivity index is 2.74. The fourth-order valence-electron chi connectivity index (χ4n) is 0.549. The van der Waals surface area contributed by atoms with Crippen LogP contribution in [0, 0.1) is 5.41 Å². The van der Waals surface area contributed by atoms with Gasteiger partial charge in [0.05, 0.1) is 0 Å². The molecule has 1 heterocycles. The number of nitrogens with one attached hydrogen (secondary N) is 1. The van der Waals surface area contributed by atoms with E-state index in [-0.39, 0.29) is 5.17 Å². The number of hydrogen-bond acceptors (Lipinski definition) is 3. The maximum absolute atomic E-state index is 6.95. The van der Waals surface area contributed by atoms with Gasteiger partial charge in [0.2, 0.25) is 0 Å². The lowest BCUT2D eigenvalue weighted by atomic mass is 10.9. The van der Waals surface area contributed by atoms with E-state index in [4.69, 9.17) is 11.1 Å². The van der Waals surface area contributed by atoms with E-state index < -0.39 is 0 Å². The molecule has 1 rings (SSSR count). The molecule has 0 amide bonds. The molecule has 1 aromatic heterocycles. The van der Waals surface area contributed by atoms with Gasteiger partial charge >= 0.3 is 0 Å². The number of thioether (sulfide) groups is 1. The molecule has 0 bridgehead atoms. The van der Waals surface area contributed by atoms with Crippen LogP contribution in [0.4, 0.5) is 0 Å². The Bertz CT molecular complexity index is 242. The van der Waals surface area contributed by atoms with Gasteiger partial charge < -0.3 is 10.3 Å². The van der Waals surface area contributed by atoms with Crippen molar-refractivity contribution < 1.29 is 0 Å². The highest BCUT2D eigenvalue weighted by molar-refractivity contribution is 8.13. The summed E-state index contributed by atoms with van der Waals surface area (Å²) in [7, 11) is 1.86. The van der Waals surface area contributed by atoms with Crippen LogP contribution in [0.5, 0.6) is 0 Å². The number of amidine groups is 1. The quantitative estimate of drug-likeness (QED) is 0.351. The number of nitrogens with zero attached hydrogens (tertiary/aromatic N) is 2. The Kier molecular flexibility index (Phi) is 1.96. The van der Waals surface area contributed by atoms with Gasteiger partial charge in [0.25, 0.3) is 0 Å². The first-order chi connectivity index (χ1) is 4.70. The third-order valence-electron chi connectivity index (χ3n) is 0.978. The van der Waals surface area contributed by atoms with Crippen LogP contribution in [-0.4, -0.2) is 14.7 Å². The summed E-state index contributed by atoms with van der Waals surface area (Å²) in [6.45, 7) is 0. The van der Waals surface area contributed by atoms with E-state index >= 15 is 0 Å². The summed E-state index contributed by atoms with van der Waals surface area (Å²) in [6, 6.07) is 0. The Morgan fingerprint density at radius 2 is 2.60 bits per heavy atom. The van der Waals surface area contributed by atoms with Gasteiger partial charge in [-0.25, -0.2) is 4.98 Å². The number of nitrogens with two attached hydrogens (primary N) is 1. The normalized spacial score (nSPS) is 9.70. The van der Waals surface area contributed by atoms with Crippen molar-refractivity contribution in [1.29, 1.82) is 5.41 Å². The zero-order valence-electron chi connectivity index (χ0n) is 5.53. The first-order valence-corrected chi connectivity index (χ1v) is 3.51. The molecule has 0 saturated carbocycles. The average Bonchev–Trinajstić information content (AvgIpc) is 2.15. The van der Waals surface area contributed by atoms with Crippen LogP contribution < -0.4 is 5.73 Å². The fraction of sp³-hybridized carbons (Fsp3) is 0.200. The van der Waals surface area contributed by atoms with Crippen LogP contribution in [0.2, 0.25) is 0 Å². The number of aryl methyl sites for hydroxylation is 1. The average molecular weight is 156 g/mol. The molecule has 0 fully saturated rings. The summed E-state index contributed by atoms with van der Waals surface area (Å²) >= 11 is 1.14. The molecule has 0 spiro atoms. The van der Waals surface area contributed by atoms with Crippen LogP contribution in [0.25, 0.3) is 0 Å². The van der Waals surface area contributed by atoms with E-state index in [0.29, 0.717) is 0 Å². The lowest BCUT2D eigenvalue weighted by Gasteiger charge is -1.96. The second-order valence-corrected chi connectivity index (χ2v) is 2.80. The minimum Gasteiger partial charge on any atom is -0.378 e. The summed E-state index contributed by atoms with van der Waals surface area (Å²) in [5, 5.41) is 7.76. The zero-order chi connectivity index (χ0) is 7.56. The lowest BCUT2D eigenvalue weighted by molar-refractivity contribution is 0.792. The third kappa shape index (κ3) is 1.51. The van der Waals surface area contributed by atoms with E-state index in [1.165, 1.54) is 0 Å². The molecule has 0 atom stereocenters. The predicted octanol–water partition coefficient (Wildman–Crippen LogP) is 0.406. The predicted molar refractivity (Wildman–Crippen MR) is 41.0 cm³/mol. The summed E-state index contributed by atoms with van der Waals surface area (Å²) in [5.74, 6) is 0. The van der Waals surface area contributed by atoms with Crippen molar-refractivity contribution in [2.75, 3.05) is 0 Å². The molecule has 0 aliphatic carbocycles. The van der Waals surface area contributed by atoms with Crippen LogP contribution in [-0.2, 0) is 7.05 Å². The number of rotatable bonds is 1. The maximum Gasteiger partial charge on any atom is 0.175 e. The standard InChI is InChI=1S/C5H8N4S/c1-9-3-2-8-5(9)10-4(6)7/h2-3H,1H3,(H3,6,7). The van der Waals surface area contributed by atoms with Gasteiger partial charge in [0, 0.05) is 19.4 Å². The number of aromatic nitrogens is 2. The van der Waals surface area contributed by atoms with Crippen molar-refractivity contribution >= 4 is 16.9 Å². The summed E-state index contributed by atoms with van der Waals surface area (Å²) in [6.07, 6.45) is 3.48. The van der Waals surface area contributed by atoms with Gasteiger partial charge in [-0.3, -0.25) is 5.41 Å². The Morgan fingerprint density at radius 3 is 3.00 bits per heavy atom. The summed E-state index contributed by atoms with van der Waals surface area (Å²) < 4.78 is 1.81. The van der Waals surface area contributed by atoms with Gasteiger partial charge in [-0.05, 0) is 11.8 Å². The van der Waals surface area contributed by atoms with Crippen molar-refractivity contribution in [3.05, 3.63) is 12.4 Å². The minimum atomic E-state index is 0.0642. The Labute approximate surface area is 62.9 Å². The van der Waals surface area contributed by atoms with Gasteiger partial charge in [-0.15, -0.1) is 0 Å². The van der Waals surface area contributed by atoms with Crippen molar-refractivity contribution in [2.24, 2.45) is 12.8 Å². The molecule has 54 valence electrons. The molecule has 0 unspecified atom stereocenters. The maximum atomic E-state index is 6.95. The van der Waals surface area contributed by atoms with Gasteiger partial charge in [0.1, 0.15) is 0 Å². The largest absolute Gasteiger partial charge is 0.378 e. The molecule has 1 aromatic rings. The SMILES string of the molecule is Cn1ccnc1SC(=N)N. The molecule has 0 saturated heterocycles. The smallest absolute Gasteiger partial charge is 0.175 e. The van der Waals surface area contributed by atoms with Crippen LogP contribution in [0.3, 0.4) is 0 Å². The van der Waals surface area contributed by atoms with E-state index in [1.807, 2.05) is 17.8 Å². The molecular formula is C5H8N4S. The topological polar surface area (TPSA) is 67.7 Å². The molecule has 0 aliphatic heterocycles. The highest BCUT2D eigenvalue weighted by Crippen LogP contribution is 2.12. The van der Waals surface area contributed by atoms with Crippen molar-refractivity contribution in [1.82, 2.24) is 9.55 Å². The van der Waals surface area contributed by atoms with Gasteiger partial charge in [-0.2, -0.15) is 0 Å². The summed E-state index contributed by atoms with van der Waals surface area (Å²) in [4.78, 5) is 3.96. The van der Waals surface area contributed by atoms with Crippen LogP contribution in [0.15, 0.2) is 17.6 Å². The van der Waals surface area contributed by atoms with Crippen LogP contribution >= 0.6 is 11.8 Å². The summed E-state index contributed by atoms with van der Waals surface area (Å²) in [5.41, 5.74) is 5.15. The second-order valence-electron chi connectivity index (χ2n) is 1.79. The molecule has 0 aromatic carbocycles. The van der Waals surface area contributed by atoms with Crippen LogP contribution in [0.1, 0.15) is 0 Å². The van der Waals surface area contributed by atoms with Crippen molar-refractivity contribution in [2.45, 2.75) is 5.16 Å². The van der Waals surface area contributed by atoms with E-state index in [2.05, 4.69) is 4.98 Å². The van der Waals surface area contributed by atoms with Gasteiger partial charge in [0.15, 0.2) is 10.3 Å². The number of hydrogen-bond donors (Lipinski definition) is 2. The fourth-order valence-corrected chi connectivity index (χ4v) is 1.06. The second kappa shape index (κ2) is 2.74. The van der Waals surface area contributed by atoms with E-state index in [1.54, 1.807) is 6.20 Å². The first kappa shape index (κ1) is 7.14. The lowest BCUT2D eigenvalue weighted by Crippen LogP contribution is -2.05. The zero-order valence-corrected chi connectivity index (χ0v) is 6.35. The van der Waals surface area contributed by atoms with E-state index in [0.717, 1.165) is 16.9 Å². The highest BCUT2D eigenvalue weighted by atomic mass is 32.2. The highest BCUT2D eigenvalue weighted by Gasteiger charge is 1.99. The molecule has 3 N–H and O–H groups in total. The first-order valence-electron chi connectivity index (χ1n) is 2.69.